The molecule has 1 aromatic heterocycles. The molecule has 0 amide bonds. The monoisotopic (exact) mass is 263 g/mol. The number of hydrogen-bond donors (Lipinski definition) is 0. The fourth-order valence-corrected chi connectivity index (χ4v) is 1.83. The topological polar surface area (TPSA) is 30.0 Å². The summed E-state index contributed by atoms with van der Waals surface area (Å²) in [4.78, 5) is 16.1. The summed E-state index contributed by atoms with van der Waals surface area (Å²) in [6.45, 7) is 1.82. The van der Waals surface area contributed by atoms with E-state index in [0.717, 1.165) is 5.69 Å². The van der Waals surface area contributed by atoms with Crippen molar-refractivity contribution < 1.29 is 9.18 Å². The number of hydrogen-bond acceptors (Lipinski definition) is 2. The molecule has 92 valence electrons. The summed E-state index contributed by atoms with van der Waals surface area (Å²) in [6.07, 6.45) is 0.163. The van der Waals surface area contributed by atoms with Crippen LogP contribution in [0.2, 0.25) is 5.02 Å². The van der Waals surface area contributed by atoms with E-state index in [0.29, 0.717) is 11.3 Å². The molecule has 1 aromatic carbocycles. The van der Waals surface area contributed by atoms with Gasteiger partial charge in [-0.15, -0.1) is 0 Å². The number of aryl methyl sites for hydroxylation is 1. The first-order valence-electron chi connectivity index (χ1n) is 5.47. The van der Waals surface area contributed by atoms with Crippen molar-refractivity contribution in [3.05, 3.63) is 64.2 Å². The molecule has 4 heteroatoms. The number of ketones is 1. The molecule has 0 radical (unpaired) electrons. The summed E-state index contributed by atoms with van der Waals surface area (Å²) in [5.74, 6) is -0.595. The SMILES string of the molecule is Cc1cccc(C(=O)Cc2ccc(F)c(Cl)c2)n1. The minimum absolute atomic E-state index is 0.0255. The molecular formula is C14H11ClFNO. The number of carbonyl (C=O) groups is 1. The Morgan fingerprint density at radius 1 is 1.33 bits per heavy atom. The molecule has 2 rings (SSSR count). The Bertz CT molecular complexity index is 598. The van der Waals surface area contributed by atoms with E-state index < -0.39 is 5.82 Å². The Morgan fingerprint density at radius 3 is 2.78 bits per heavy atom. The second kappa shape index (κ2) is 5.27. The molecule has 0 aliphatic rings. The van der Waals surface area contributed by atoms with E-state index in [1.807, 2.05) is 13.0 Å². The molecule has 0 bridgehead atoms. The van der Waals surface area contributed by atoms with Gasteiger partial charge in [0.15, 0.2) is 5.78 Å². The third-order valence-corrected chi connectivity index (χ3v) is 2.81. The third kappa shape index (κ3) is 2.93. The third-order valence-electron chi connectivity index (χ3n) is 2.52. The summed E-state index contributed by atoms with van der Waals surface area (Å²) >= 11 is 5.67. The highest BCUT2D eigenvalue weighted by atomic mass is 35.5. The molecule has 18 heavy (non-hydrogen) atoms. The summed E-state index contributed by atoms with van der Waals surface area (Å²) < 4.78 is 13.0. The van der Waals surface area contributed by atoms with Crippen LogP contribution in [0.1, 0.15) is 21.7 Å². The van der Waals surface area contributed by atoms with Crippen LogP contribution in [-0.2, 0) is 6.42 Å². The number of nitrogens with zero attached hydrogens (tertiary/aromatic N) is 1. The largest absolute Gasteiger partial charge is 0.292 e. The fraction of sp³-hybridized carbons (Fsp3) is 0.143. The van der Waals surface area contributed by atoms with E-state index in [4.69, 9.17) is 11.6 Å². The van der Waals surface area contributed by atoms with Gasteiger partial charge < -0.3 is 0 Å². The van der Waals surface area contributed by atoms with Crippen molar-refractivity contribution >= 4 is 17.4 Å². The van der Waals surface area contributed by atoms with Crippen molar-refractivity contribution in [2.24, 2.45) is 0 Å². The normalized spacial score (nSPS) is 10.4. The maximum Gasteiger partial charge on any atom is 0.185 e. The number of pyridine rings is 1. The van der Waals surface area contributed by atoms with E-state index >= 15 is 0 Å². The van der Waals surface area contributed by atoms with Crippen molar-refractivity contribution in [2.45, 2.75) is 13.3 Å². The van der Waals surface area contributed by atoms with Crippen molar-refractivity contribution in [3.8, 4) is 0 Å². The van der Waals surface area contributed by atoms with Gasteiger partial charge in [-0.3, -0.25) is 9.78 Å². The number of halogens is 2. The molecule has 2 aromatic rings. The lowest BCUT2D eigenvalue weighted by Gasteiger charge is -2.03. The second-order valence-electron chi connectivity index (χ2n) is 4.01. The maximum atomic E-state index is 13.0. The predicted molar refractivity (Wildman–Crippen MR) is 68.4 cm³/mol. The highest BCUT2D eigenvalue weighted by Crippen LogP contribution is 2.17. The van der Waals surface area contributed by atoms with Crippen LogP contribution in [0.5, 0.6) is 0 Å². The van der Waals surface area contributed by atoms with Gasteiger partial charge in [-0.05, 0) is 36.8 Å². The molecule has 0 atom stereocenters. The molecule has 0 fully saturated rings. The van der Waals surface area contributed by atoms with Gasteiger partial charge in [0.1, 0.15) is 11.5 Å². The number of aromatic nitrogens is 1. The lowest BCUT2D eigenvalue weighted by molar-refractivity contribution is 0.0988. The van der Waals surface area contributed by atoms with Gasteiger partial charge in [-0.1, -0.05) is 23.7 Å². The van der Waals surface area contributed by atoms with Crippen LogP contribution in [0.4, 0.5) is 4.39 Å². The number of benzene rings is 1. The smallest absolute Gasteiger partial charge is 0.185 e. The molecule has 0 unspecified atom stereocenters. The molecule has 0 saturated heterocycles. The van der Waals surface area contributed by atoms with Crippen LogP contribution in [0, 0.1) is 12.7 Å². The Balaban J connectivity index is 2.18. The Morgan fingerprint density at radius 2 is 2.11 bits per heavy atom. The predicted octanol–water partition coefficient (Wildman–Crippen LogP) is 3.61. The van der Waals surface area contributed by atoms with Crippen LogP contribution in [0.25, 0.3) is 0 Å². The van der Waals surface area contributed by atoms with E-state index in [1.54, 1.807) is 18.2 Å². The first-order chi connectivity index (χ1) is 8.56. The van der Waals surface area contributed by atoms with Gasteiger partial charge in [0, 0.05) is 12.1 Å². The van der Waals surface area contributed by atoms with Gasteiger partial charge in [-0.25, -0.2) is 4.39 Å². The van der Waals surface area contributed by atoms with E-state index in [9.17, 15) is 9.18 Å². The maximum absolute atomic E-state index is 13.0. The van der Waals surface area contributed by atoms with Gasteiger partial charge in [0.05, 0.1) is 5.02 Å². The number of rotatable bonds is 3. The van der Waals surface area contributed by atoms with E-state index in [-0.39, 0.29) is 17.2 Å². The molecule has 2 nitrogen and oxygen atoms in total. The molecule has 0 spiro atoms. The van der Waals surface area contributed by atoms with Crippen molar-refractivity contribution in [1.82, 2.24) is 4.98 Å². The lowest BCUT2D eigenvalue weighted by atomic mass is 10.1. The lowest BCUT2D eigenvalue weighted by Crippen LogP contribution is -2.06. The average molecular weight is 264 g/mol. The van der Waals surface area contributed by atoms with Crippen molar-refractivity contribution in [3.63, 3.8) is 0 Å². The second-order valence-corrected chi connectivity index (χ2v) is 4.42. The minimum atomic E-state index is -0.485. The molecule has 0 saturated carbocycles. The van der Waals surface area contributed by atoms with Crippen LogP contribution in [-0.4, -0.2) is 10.8 Å². The van der Waals surface area contributed by atoms with Crippen LogP contribution in [0.3, 0.4) is 0 Å². The van der Waals surface area contributed by atoms with Gasteiger partial charge in [0.25, 0.3) is 0 Å². The average Bonchev–Trinajstić information content (AvgIpc) is 2.34. The van der Waals surface area contributed by atoms with Crippen LogP contribution >= 0.6 is 11.6 Å². The molecular weight excluding hydrogens is 253 g/mol. The van der Waals surface area contributed by atoms with E-state index in [1.165, 1.54) is 12.1 Å². The molecule has 0 N–H and O–H groups in total. The summed E-state index contributed by atoms with van der Waals surface area (Å²) in [5, 5.41) is 0.0255. The Kier molecular flexibility index (Phi) is 3.72. The zero-order valence-corrected chi connectivity index (χ0v) is 10.5. The summed E-state index contributed by atoms with van der Waals surface area (Å²) in [6, 6.07) is 9.55. The van der Waals surface area contributed by atoms with E-state index in [2.05, 4.69) is 4.98 Å². The highest BCUT2D eigenvalue weighted by Gasteiger charge is 2.10. The standard InChI is InChI=1S/C14H11ClFNO/c1-9-3-2-4-13(17-9)14(18)8-10-5-6-12(16)11(15)7-10/h2-7H,8H2,1H3. The summed E-state index contributed by atoms with van der Waals surface area (Å²) in [5.41, 5.74) is 1.88. The number of Topliss-reactive ketones (excluding diaryl/α,β-unsaturated/α-hetero) is 1. The Labute approximate surface area is 109 Å². The van der Waals surface area contributed by atoms with Crippen molar-refractivity contribution in [2.75, 3.05) is 0 Å². The quantitative estimate of drug-likeness (QED) is 0.792. The summed E-state index contributed by atoms with van der Waals surface area (Å²) in [7, 11) is 0. The van der Waals surface area contributed by atoms with Crippen molar-refractivity contribution in [1.29, 1.82) is 0 Å². The van der Waals surface area contributed by atoms with Gasteiger partial charge >= 0.3 is 0 Å². The zero-order chi connectivity index (χ0) is 13.1. The van der Waals surface area contributed by atoms with Gasteiger partial charge in [-0.2, -0.15) is 0 Å². The molecule has 0 aliphatic carbocycles. The fourth-order valence-electron chi connectivity index (χ4n) is 1.62. The van der Waals surface area contributed by atoms with Gasteiger partial charge in [0.2, 0.25) is 0 Å². The Hall–Kier alpha value is -1.74. The minimum Gasteiger partial charge on any atom is -0.292 e. The molecule has 0 aliphatic heterocycles. The van der Waals surface area contributed by atoms with Crippen LogP contribution < -0.4 is 0 Å². The van der Waals surface area contributed by atoms with Crippen LogP contribution in [0.15, 0.2) is 36.4 Å². The first-order valence-corrected chi connectivity index (χ1v) is 5.85. The number of carbonyl (C=O) groups excluding carboxylic acids is 1. The molecule has 1 heterocycles. The highest BCUT2D eigenvalue weighted by molar-refractivity contribution is 6.30. The first kappa shape index (κ1) is 12.7. The zero-order valence-electron chi connectivity index (χ0n) is 9.78.